The summed E-state index contributed by atoms with van der Waals surface area (Å²) in [6.07, 6.45) is 5.33. The van der Waals surface area contributed by atoms with Gasteiger partial charge in [0.15, 0.2) is 0 Å². The van der Waals surface area contributed by atoms with Crippen molar-refractivity contribution in [3.8, 4) is 12.3 Å². The molecule has 0 bridgehead atoms. The molecule has 13 heavy (non-hydrogen) atoms. The lowest BCUT2D eigenvalue weighted by molar-refractivity contribution is 0.296. The van der Waals surface area contributed by atoms with Crippen LogP contribution in [0.5, 0.6) is 0 Å². The van der Waals surface area contributed by atoms with E-state index in [4.69, 9.17) is 6.42 Å². The van der Waals surface area contributed by atoms with Gasteiger partial charge in [0.25, 0.3) is 0 Å². The average Bonchev–Trinajstić information content (AvgIpc) is 2.18. The fraction of sp³-hybridized carbons (Fsp3) is 0.333. The van der Waals surface area contributed by atoms with Crippen molar-refractivity contribution in [1.29, 1.82) is 0 Å². The van der Waals surface area contributed by atoms with Crippen molar-refractivity contribution in [1.82, 2.24) is 4.90 Å². The van der Waals surface area contributed by atoms with Crippen molar-refractivity contribution in [2.75, 3.05) is 7.05 Å². The summed E-state index contributed by atoms with van der Waals surface area (Å²) in [6.45, 7) is 2.94. The Kier molecular flexibility index (Phi) is 3.54. The molecule has 1 aromatic carbocycles. The van der Waals surface area contributed by atoms with Gasteiger partial charge in [-0.05, 0) is 19.5 Å². The summed E-state index contributed by atoms with van der Waals surface area (Å²) in [5.41, 5.74) is 1.30. The Morgan fingerprint density at radius 1 is 1.38 bits per heavy atom. The minimum atomic E-state index is 0.195. The summed E-state index contributed by atoms with van der Waals surface area (Å²) in [5.74, 6) is 2.71. The van der Waals surface area contributed by atoms with Crippen LogP contribution in [-0.4, -0.2) is 18.0 Å². The second-order valence-corrected chi connectivity index (χ2v) is 3.24. The Hall–Kier alpha value is -1.26. The largest absolute Gasteiger partial charge is 0.289 e. The zero-order valence-electron chi connectivity index (χ0n) is 8.20. The third-order valence-corrected chi connectivity index (χ3v) is 2.18. The topological polar surface area (TPSA) is 3.24 Å². The zero-order valence-corrected chi connectivity index (χ0v) is 8.20. The molecule has 0 heterocycles. The molecule has 1 aromatic rings. The van der Waals surface area contributed by atoms with Crippen LogP contribution in [0.1, 0.15) is 12.5 Å². The van der Waals surface area contributed by atoms with Crippen molar-refractivity contribution in [3.63, 3.8) is 0 Å². The summed E-state index contributed by atoms with van der Waals surface area (Å²) in [5, 5.41) is 0. The van der Waals surface area contributed by atoms with Gasteiger partial charge < -0.3 is 0 Å². The molecule has 0 N–H and O–H groups in total. The van der Waals surface area contributed by atoms with E-state index in [9.17, 15) is 0 Å². The number of hydrogen-bond acceptors (Lipinski definition) is 1. The third kappa shape index (κ3) is 2.93. The first-order valence-electron chi connectivity index (χ1n) is 4.44. The van der Waals surface area contributed by atoms with E-state index in [0.29, 0.717) is 0 Å². The van der Waals surface area contributed by atoms with E-state index in [1.165, 1.54) is 5.56 Å². The van der Waals surface area contributed by atoms with E-state index in [1.54, 1.807) is 0 Å². The van der Waals surface area contributed by atoms with Crippen LogP contribution in [0, 0.1) is 12.3 Å². The molecule has 1 atom stereocenters. The predicted molar refractivity (Wildman–Crippen MR) is 56.2 cm³/mol. The zero-order chi connectivity index (χ0) is 9.68. The van der Waals surface area contributed by atoms with Gasteiger partial charge in [0.05, 0.1) is 6.04 Å². The minimum Gasteiger partial charge on any atom is -0.289 e. The van der Waals surface area contributed by atoms with Crippen molar-refractivity contribution in [2.45, 2.75) is 19.5 Å². The monoisotopic (exact) mass is 173 g/mol. The molecule has 0 saturated carbocycles. The van der Waals surface area contributed by atoms with Gasteiger partial charge in [-0.25, -0.2) is 0 Å². The summed E-state index contributed by atoms with van der Waals surface area (Å²) < 4.78 is 0. The van der Waals surface area contributed by atoms with Crippen molar-refractivity contribution < 1.29 is 0 Å². The van der Waals surface area contributed by atoms with Gasteiger partial charge in [-0.2, -0.15) is 0 Å². The fourth-order valence-corrected chi connectivity index (χ4v) is 1.14. The van der Waals surface area contributed by atoms with Gasteiger partial charge in [0, 0.05) is 6.54 Å². The maximum absolute atomic E-state index is 5.33. The second-order valence-electron chi connectivity index (χ2n) is 3.24. The first-order valence-corrected chi connectivity index (χ1v) is 4.44. The first-order chi connectivity index (χ1) is 6.24. The highest BCUT2D eigenvalue weighted by Crippen LogP contribution is 2.04. The molecule has 0 unspecified atom stereocenters. The van der Waals surface area contributed by atoms with Crippen LogP contribution in [0.2, 0.25) is 0 Å². The average molecular weight is 173 g/mol. The molecule has 0 spiro atoms. The molecule has 0 saturated heterocycles. The number of hydrogen-bond donors (Lipinski definition) is 0. The summed E-state index contributed by atoms with van der Waals surface area (Å²) in [6, 6.07) is 10.5. The molecule has 1 rings (SSSR count). The number of benzene rings is 1. The summed E-state index contributed by atoms with van der Waals surface area (Å²) in [7, 11) is 2.04. The van der Waals surface area contributed by atoms with Crippen LogP contribution >= 0.6 is 0 Å². The van der Waals surface area contributed by atoms with E-state index in [2.05, 4.69) is 23.0 Å². The van der Waals surface area contributed by atoms with Crippen molar-refractivity contribution in [3.05, 3.63) is 35.9 Å². The number of terminal acetylenes is 1. The molecule has 0 aromatic heterocycles. The minimum absolute atomic E-state index is 0.195. The predicted octanol–water partition coefficient (Wildman–Crippen LogP) is 2.14. The molecule has 0 aliphatic carbocycles. The van der Waals surface area contributed by atoms with Crippen LogP contribution < -0.4 is 0 Å². The van der Waals surface area contributed by atoms with Gasteiger partial charge in [0.2, 0.25) is 0 Å². The molecule has 0 aliphatic rings. The van der Waals surface area contributed by atoms with Gasteiger partial charge in [0.1, 0.15) is 0 Å². The molecule has 68 valence electrons. The van der Waals surface area contributed by atoms with Gasteiger partial charge in [-0.1, -0.05) is 36.3 Å². The fourth-order valence-electron chi connectivity index (χ4n) is 1.14. The molecular formula is C12H15N. The van der Waals surface area contributed by atoms with Crippen LogP contribution in [0.15, 0.2) is 30.3 Å². The van der Waals surface area contributed by atoms with Crippen LogP contribution in [-0.2, 0) is 6.54 Å². The Morgan fingerprint density at radius 2 is 2.00 bits per heavy atom. The maximum atomic E-state index is 5.33. The summed E-state index contributed by atoms with van der Waals surface area (Å²) in [4.78, 5) is 2.15. The molecule has 1 nitrogen and oxygen atoms in total. The third-order valence-electron chi connectivity index (χ3n) is 2.18. The number of nitrogens with zero attached hydrogens (tertiary/aromatic N) is 1. The van der Waals surface area contributed by atoms with Crippen LogP contribution in [0.25, 0.3) is 0 Å². The molecule has 1 heteroatoms. The van der Waals surface area contributed by atoms with Gasteiger partial charge in [-0.3, -0.25) is 4.90 Å². The molecule has 0 aliphatic heterocycles. The van der Waals surface area contributed by atoms with E-state index >= 15 is 0 Å². The highest BCUT2D eigenvalue weighted by molar-refractivity contribution is 5.15. The Bertz CT molecular complexity index is 284. The molecular weight excluding hydrogens is 158 g/mol. The normalized spacial score (nSPS) is 12.5. The van der Waals surface area contributed by atoms with Crippen molar-refractivity contribution in [2.24, 2.45) is 0 Å². The summed E-state index contributed by atoms with van der Waals surface area (Å²) >= 11 is 0. The second kappa shape index (κ2) is 4.69. The van der Waals surface area contributed by atoms with E-state index in [1.807, 2.05) is 32.2 Å². The van der Waals surface area contributed by atoms with E-state index < -0.39 is 0 Å². The van der Waals surface area contributed by atoms with E-state index in [-0.39, 0.29) is 6.04 Å². The Labute approximate surface area is 80.4 Å². The van der Waals surface area contributed by atoms with Gasteiger partial charge in [-0.15, -0.1) is 6.42 Å². The van der Waals surface area contributed by atoms with Crippen molar-refractivity contribution >= 4 is 0 Å². The Morgan fingerprint density at radius 3 is 2.54 bits per heavy atom. The first kappa shape index (κ1) is 9.83. The highest BCUT2D eigenvalue weighted by Gasteiger charge is 2.04. The molecule has 0 fully saturated rings. The smallest absolute Gasteiger partial charge is 0.0683 e. The lowest BCUT2D eigenvalue weighted by Crippen LogP contribution is -2.26. The SMILES string of the molecule is C#C[C@@H](C)N(C)Cc1ccccc1. The van der Waals surface area contributed by atoms with Gasteiger partial charge >= 0.3 is 0 Å². The maximum Gasteiger partial charge on any atom is 0.0683 e. The number of rotatable bonds is 3. The molecule has 0 amide bonds. The van der Waals surface area contributed by atoms with Crippen LogP contribution in [0.3, 0.4) is 0 Å². The standard InChI is InChI=1S/C12H15N/c1-4-11(2)13(3)10-12-8-6-5-7-9-12/h1,5-9,11H,10H2,2-3H3/t11-/m1/s1. The highest BCUT2D eigenvalue weighted by atomic mass is 15.1. The lowest BCUT2D eigenvalue weighted by atomic mass is 10.2. The quantitative estimate of drug-likeness (QED) is 0.633. The van der Waals surface area contributed by atoms with E-state index in [0.717, 1.165) is 6.54 Å². The Balaban J connectivity index is 2.56. The van der Waals surface area contributed by atoms with Crippen LogP contribution in [0.4, 0.5) is 0 Å². The molecule has 0 radical (unpaired) electrons. The lowest BCUT2D eigenvalue weighted by Gasteiger charge is -2.19.